The lowest BCUT2D eigenvalue weighted by Crippen LogP contribution is -2.45. The lowest BCUT2D eigenvalue weighted by molar-refractivity contribution is 0.120. The standard InChI is InChI=1S/C15H30N2O/c1-13(2)8-6-10-18-11-7-9-15(5,12-16)17-14(3)4/h13-14,17H,6-11H2,1-5H3. The van der Waals surface area contributed by atoms with Crippen molar-refractivity contribution in [1.29, 1.82) is 5.26 Å². The van der Waals surface area contributed by atoms with E-state index in [0.29, 0.717) is 6.04 Å². The molecule has 1 atom stereocenters. The summed E-state index contributed by atoms with van der Waals surface area (Å²) >= 11 is 0. The molecule has 0 saturated carbocycles. The molecule has 0 rings (SSSR count). The zero-order valence-corrected chi connectivity index (χ0v) is 12.8. The summed E-state index contributed by atoms with van der Waals surface area (Å²) in [5, 5.41) is 12.5. The predicted molar refractivity (Wildman–Crippen MR) is 76.4 cm³/mol. The van der Waals surface area contributed by atoms with Crippen LogP contribution in [0, 0.1) is 17.2 Å². The summed E-state index contributed by atoms with van der Waals surface area (Å²) < 4.78 is 5.59. The van der Waals surface area contributed by atoms with Crippen LogP contribution in [0.15, 0.2) is 0 Å². The second kappa shape index (κ2) is 9.35. The van der Waals surface area contributed by atoms with Gasteiger partial charge in [0, 0.05) is 19.3 Å². The van der Waals surface area contributed by atoms with E-state index in [1.165, 1.54) is 6.42 Å². The van der Waals surface area contributed by atoms with Gasteiger partial charge in [0.15, 0.2) is 0 Å². The van der Waals surface area contributed by atoms with Gasteiger partial charge >= 0.3 is 0 Å². The van der Waals surface area contributed by atoms with Crippen LogP contribution in [0.4, 0.5) is 0 Å². The van der Waals surface area contributed by atoms with E-state index in [1.54, 1.807) is 0 Å². The molecule has 0 spiro atoms. The van der Waals surface area contributed by atoms with Crippen molar-refractivity contribution in [2.24, 2.45) is 5.92 Å². The minimum absolute atomic E-state index is 0.335. The molecule has 3 heteroatoms. The smallest absolute Gasteiger partial charge is 0.104 e. The lowest BCUT2D eigenvalue weighted by atomic mass is 9.97. The molecule has 0 saturated heterocycles. The predicted octanol–water partition coefficient (Wildman–Crippen LogP) is 3.50. The Morgan fingerprint density at radius 1 is 1.17 bits per heavy atom. The van der Waals surface area contributed by atoms with Gasteiger partial charge in [0.05, 0.1) is 6.07 Å². The van der Waals surface area contributed by atoms with Gasteiger partial charge in [-0.3, -0.25) is 5.32 Å². The van der Waals surface area contributed by atoms with Crippen LogP contribution in [0.2, 0.25) is 0 Å². The van der Waals surface area contributed by atoms with Crippen molar-refractivity contribution in [2.75, 3.05) is 13.2 Å². The first-order chi connectivity index (χ1) is 8.39. The summed E-state index contributed by atoms with van der Waals surface area (Å²) in [6, 6.07) is 2.69. The number of nitrogens with zero attached hydrogens (tertiary/aromatic N) is 1. The highest BCUT2D eigenvalue weighted by Gasteiger charge is 2.23. The van der Waals surface area contributed by atoms with E-state index in [-0.39, 0.29) is 0 Å². The highest BCUT2D eigenvalue weighted by Crippen LogP contribution is 2.12. The maximum absolute atomic E-state index is 9.18. The number of nitriles is 1. The van der Waals surface area contributed by atoms with Crippen LogP contribution in [0.25, 0.3) is 0 Å². The van der Waals surface area contributed by atoms with Crippen molar-refractivity contribution in [2.45, 2.75) is 71.9 Å². The normalized spacial score (nSPS) is 14.8. The van der Waals surface area contributed by atoms with Gasteiger partial charge in [0.1, 0.15) is 5.54 Å². The van der Waals surface area contributed by atoms with Crippen LogP contribution >= 0.6 is 0 Å². The van der Waals surface area contributed by atoms with Crippen molar-refractivity contribution in [1.82, 2.24) is 5.32 Å². The van der Waals surface area contributed by atoms with Gasteiger partial charge in [-0.25, -0.2) is 0 Å². The number of hydrogen-bond acceptors (Lipinski definition) is 3. The van der Waals surface area contributed by atoms with E-state index in [2.05, 4.69) is 39.1 Å². The SMILES string of the molecule is CC(C)CCCOCCCC(C)(C#N)NC(C)C. The molecule has 0 aliphatic heterocycles. The molecule has 0 heterocycles. The summed E-state index contributed by atoms with van der Waals surface area (Å²) in [4.78, 5) is 0. The molecule has 0 aromatic rings. The number of hydrogen-bond donors (Lipinski definition) is 1. The van der Waals surface area contributed by atoms with Gasteiger partial charge in [0.2, 0.25) is 0 Å². The third-order valence-electron chi connectivity index (χ3n) is 2.89. The van der Waals surface area contributed by atoms with Crippen molar-refractivity contribution in [3.8, 4) is 6.07 Å². The van der Waals surface area contributed by atoms with Gasteiger partial charge in [-0.05, 0) is 52.4 Å². The Labute approximate surface area is 113 Å². The van der Waals surface area contributed by atoms with E-state index in [1.807, 2.05) is 6.92 Å². The van der Waals surface area contributed by atoms with Crippen molar-refractivity contribution < 1.29 is 4.74 Å². The first-order valence-corrected chi connectivity index (χ1v) is 7.16. The van der Waals surface area contributed by atoms with Crippen LogP contribution in [-0.2, 0) is 4.74 Å². The van der Waals surface area contributed by atoms with Crippen LogP contribution in [0.3, 0.4) is 0 Å². The zero-order chi connectivity index (χ0) is 14.0. The molecule has 106 valence electrons. The maximum atomic E-state index is 9.18. The fourth-order valence-corrected chi connectivity index (χ4v) is 2.02. The van der Waals surface area contributed by atoms with Gasteiger partial charge in [0.25, 0.3) is 0 Å². The number of rotatable bonds is 10. The minimum atomic E-state index is -0.421. The largest absolute Gasteiger partial charge is 0.381 e. The molecule has 0 radical (unpaired) electrons. The molecule has 1 N–H and O–H groups in total. The zero-order valence-electron chi connectivity index (χ0n) is 12.8. The molecule has 0 fully saturated rings. The van der Waals surface area contributed by atoms with Crippen LogP contribution < -0.4 is 5.32 Å². The highest BCUT2D eigenvalue weighted by molar-refractivity contribution is 5.04. The number of nitrogens with one attached hydrogen (secondary N) is 1. The maximum Gasteiger partial charge on any atom is 0.104 e. The third kappa shape index (κ3) is 9.44. The van der Waals surface area contributed by atoms with E-state index < -0.39 is 5.54 Å². The van der Waals surface area contributed by atoms with Crippen molar-refractivity contribution in [3.05, 3.63) is 0 Å². The van der Waals surface area contributed by atoms with Gasteiger partial charge in [-0.1, -0.05) is 13.8 Å². The topological polar surface area (TPSA) is 45.0 Å². The van der Waals surface area contributed by atoms with E-state index >= 15 is 0 Å². The molecular weight excluding hydrogens is 224 g/mol. The lowest BCUT2D eigenvalue weighted by Gasteiger charge is -2.25. The van der Waals surface area contributed by atoms with E-state index in [9.17, 15) is 5.26 Å². The monoisotopic (exact) mass is 254 g/mol. The summed E-state index contributed by atoms with van der Waals surface area (Å²) in [6.45, 7) is 12.2. The molecule has 0 amide bonds. The van der Waals surface area contributed by atoms with Crippen molar-refractivity contribution in [3.63, 3.8) is 0 Å². The molecule has 3 nitrogen and oxygen atoms in total. The quantitative estimate of drug-likeness (QED) is 0.607. The Bertz CT molecular complexity index is 245. The van der Waals surface area contributed by atoms with Crippen LogP contribution in [-0.4, -0.2) is 24.8 Å². The van der Waals surface area contributed by atoms with Crippen LogP contribution in [0.5, 0.6) is 0 Å². The fraction of sp³-hybridized carbons (Fsp3) is 0.933. The molecule has 0 aliphatic rings. The summed E-state index contributed by atoms with van der Waals surface area (Å²) in [6.07, 6.45) is 4.14. The Morgan fingerprint density at radius 2 is 1.78 bits per heavy atom. The van der Waals surface area contributed by atoms with Gasteiger partial charge in [-0.15, -0.1) is 0 Å². The fourth-order valence-electron chi connectivity index (χ4n) is 2.02. The highest BCUT2D eigenvalue weighted by atomic mass is 16.5. The molecule has 0 aliphatic carbocycles. The first kappa shape index (κ1) is 17.4. The summed E-state index contributed by atoms with van der Waals surface area (Å²) in [7, 11) is 0. The molecule has 18 heavy (non-hydrogen) atoms. The Hall–Kier alpha value is -0.590. The minimum Gasteiger partial charge on any atom is -0.381 e. The molecule has 1 unspecified atom stereocenters. The van der Waals surface area contributed by atoms with Gasteiger partial charge < -0.3 is 4.74 Å². The molecule has 0 bridgehead atoms. The van der Waals surface area contributed by atoms with Crippen molar-refractivity contribution >= 4 is 0 Å². The second-order valence-electron chi connectivity index (χ2n) is 5.99. The summed E-state index contributed by atoms with van der Waals surface area (Å²) in [5.41, 5.74) is -0.421. The Kier molecular flexibility index (Phi) is 9.05. The molecule has 0 aromatic heterocycles. The van der Waals surface area contributed by atoms with Gasteiger partial charge in [-0.2, -0.15) is 5.26 Å². The average molecular weight is 254 g/mol. The average Bonchev–Trinajstić information content (AvgIpc) is 2.26. The molecular formula is C15H30N2O. The first-order valence-electron chi connectivity index (χ1n) is 7.16. The second-order valence-corrected chi connectivity index (χ2v) is 5.99. The van der Waals surface area contributed by atoms with E-state index in [4.69, 9.17) is 4.74 Å². The molecule has 0 aromatic carbocycles. The summed E-state index contributed by atoms with van der Waals surface area (Å²) in [5.74, 6) is 0.755. The third-order valence-corrected chi connectivity index (χ3v) is 2.89. The van der Waals surface area contributed by atoms with E-state index in [0.717, 1.165) is 38.4 Å². The Balaban J connectivity index is 3.60. The Morgan fingerprint density at radius 3 is 2.28 bits per heavy atom. The number of ether oxygens (including phenoxy) is 1. The van der Waals surface area contributed by atoms with Crippen LogP contribution in [0.1, 0.15) is 60.3 Å².